The molecular formula is C18H23F2N3O4S. The van der Waals surface area contributed by atoms with Crippen molar-refractivity contribution in [1.82, 2.24) is 4.98 Å². The quantitative estimate of drug-likeness (QED) is 0.573. The van der Waals surface area contributed by atoms with Crippen LogP contribution in [0.5, 0.6) is 5.88 Å². The van der Waals surface area contributed by atoms with Crippen molar-refractivity contribution < 1.29 is 27.7 Å². The number of nitrogens with zero attached hydrogens (tertiary/aromatic N) is 1. The van der Waals surface area contributed by atoms with Gasteiger partial charge in [-0.25, -0.2) is 18.0 Å². The molecule has 0 saturated heterocycles. The van der Waals surface area contributed by atoms with E-state index < -0.39 is 33.8 Å². The molecule has 0 fully saturated rings. The highest BCUT2D eigenvalue weighted by molar-refractivity contribution is 7.86. The van der Waals surface area contributed by atoms with E-state index >= 15 is 0 Å². The minimum Gasteiger partial charge on any atom is -0.479 e. The van der Waals surface area contributed by atoms with Crippen LogP contribution in [0.2, 0.25) is 0 Å². The molecule has 0 aliphatic carbocycles. The van der Waals surface area contributed by atoms with E-state index in [4.69, 9.17) is 9.57 Å². The van der Waals surface area contributed by atoms with E-state index in [1.807, 2.05) is 0 Å². The van der Waals surface area contributed by atoms with E-state index in [0.717, 1.165) is 12.1 Å². The lowest BCUT2D eigenvalue weighted by Crippen LogP contribution is -2.48. The summed E-state index contributed by atoms with van der Waals surface area (Å²) in [5.41, 5.74) is 1.16. The average molecular weight is 415 g/mol. The fraction of sp³-hybridized carbons (Fsp3) is 0.389. The lowest BCUT2D eigenvalue weighted by atomic mass is 9.90. The highest BCUT2D eigenvalue weighted by atomic mass is 32.2. The Balaban J connectivity index is 2.22. The number of rotatable bonds is 8. The molecule has 0 bridgehead atoms. The van der Waals surface area contributed by atoms with Gasteiger partial charge in [-0.3, -0.25) is 15.0 Å². The number of halogens is 2. The standard InChI is InChI=1S/C18H23F2N3O4S/c1-17(2,24)18(3,4)27-22-12-9-14(16(26-5)21-10-12)23-28(25)15-7-6-11(19)8-13(15)20/h6-10,22-24H,1-5H3. The SMILES string of the molecule is COc1ncc(NOC(C)(C)C(C)(C)O)cc1NS(=O)c1ccc(F)cc1F. The van der Waals surface area contributed by atoms with E-state index in [2.05, 4.69) is 15.2 Å². The van der Waals surface area contributed by atoms with Gasteiger partial charge < -0.3 is 9.84 Å². The number of hydrogen-bond donors (Lipinski definition) is 3. The molecule has 1 unspecified atom stereocenters. The number of anilines is 2. The van der Waals surface area contributed by atoms with Crippen molar-refractivity contribution in [2.45, 2.75) is 43.8 Å². The van der Waals surface area contributed by atoms with Gasteiger partial charge in [0.2, 0.25) is 5.88 Å². The molecule has 1 atom stereocenters. The van der Waals surface area contributed by atoms with Crippen molar-refractivity contribution in [1.29, 1.82) is 0 Å². The van der Waals surface area contributed by atoms with Crippen LogP contribution < -0.4 is 14.9 Å². The minimum atomic E-state index is -2.03. The first-order chi connectivity index (χ1) is 12.9. The van der Waals surface area contributed by atoms with Crippen LogP contribution in [0.1, 0.15) is 27.7 Å². The normalized spacial score (nSPS) is 13.1. The summed E-state index contributed by atoms with van der Waals surface area (Å²) in [6.45, 7) is 6.60. The Labute approximate surface area is 164 Å². The number of hydrogen-bond acceptors (Lipinski definition) is 6. The summed E-state index contributed by atoms with van der Waals surface area (Å²) >= 11 is 0. The van der Waals surface area contributed by atoms with Crippen LogP contribution in [0.25, 0.3) is 0 Å². The molecule has 0 spiro atoms. The molecule has 0 aliphatic rings. The molecule has 0 radical (unpaired) electrons. The number of benzene rings is 1. The average Bonchev–Trinajstić information content (AvgIpc) is 2.59. The second-order valence-corrected chi connectivity index (χ2v) is 8.18. The summed E-state index contributed by atoms with van der Waals surface area (Å²) in [7, 11) is -0.659. The zero-order chi connectivity index (χ0) is 21.1. The first-order valence-corrected chi connectivity index (χ1v) is 9.43. The number of aliphatic hydroxyl groups is 1. The number of nitrogens with one attached hydrogen (secondary N) is 2. The van der Waals surface area contributed by atoms with Crippen molar-refractivity contribution in [3.8, 4) is 5.88 Å². The summed E-state index contributed by atoms with van der Waals surface area (Å²) < 4.78 is 47.0. The maximum atomic E-state index is 13.9. The maximum Gasteiger partial charge on any atom is 0.238 e. The summed E-state index contributed by atoms with van der Waals surface area (Å²) in [6, 6.07) is 4.24. The zero-order valence-corrected chi connectivity index (χ0v) is 17.0. The lowest BCUT2D eigenvalue weighted by Gasteiger charge is -2.36. The monoisotopic (exact) mass is 415 g/mol. The van der Waals surface area contributed by atoms with Crippen LogP contribution in [-0.4, -0.2) is 32.6 Å². The fourth-order valence-electron chi connectivity index (χ4n) is 1.84. The molecule has 0 saturated carbocycles. The molecule has 7 nitrogen and oxygen atoms in total. The van der Waals surface area contributed by atoms with Gasteiger partial charge in [-0.05, 0) is 45.9 Å². The molecule has 1 aromatic heterocycles. The molecule has 0 amide bonds. The number of ether oxygens (including phenoxy) is 1. The van der Waals surface area contributed by atoms with Crippen LogP contribution >= 0.6 is 0 Å². The van der Waals surface area contributed by atoms with Crippen LogP contribution in [-0.2, 0) is 15.8 Å². The van der Waals surface area contributed by atoms with Crippen LogP contribution in [0.4, 0.5) is 20.2 Å². The van der Waals surface area contributed by atoms with Crippen molar-refractivity contribution in [3.05, 3.63) is 42.1 Å². The Kier molecular flexibility index (Phi) is 6.58. The second-order valence-electron chi connectivity index (χ2n) is 7.00. The summed E-state index contributed by atoms with van der Waals surface area (Å²) in [5, 5.41) is 10.1. The van der Waals surface area contributed by atoms with Gasteiger partial charge in [0.15, 0.2) is 11.0 Å². The zero-order valence-electron chi connectivity index (χ0n) is 16.2. The summed E-state index contributed by atoms with van der Waals surface area (Å²) in [6.07, 6.45) is 1.41. The smallest absolute Gasteiger partial charge is 0.238 e. The molecule has 154 valence electrons. The summed E-state index contributed by atoms with van der Waals surface area (Å²) in [5.74, 6) is -1.60. The van der Waals surface area contributed by atoms with Gasteiger partial charge in [0.25, 0.3) is 0 Å². The van der Waals surface area contributed by atoms with Crippen LogP contribution in [0, 0.1) is 11.6 Å². The van der Waals surface area contributed by atoms with Gasteiger partial charge in [-0.15, -0.1) is 0 Å². The molecule has 0 aliphatic heterocycles. The van der Waals surface area contributed by atoms with E-state index in [-0.39, 0.29) is 16.5 Å². The number of aromatic nitrogens is 1. The van der Waals surface area contributed by atoms with Gasteiger partial charge in [0.05, 0.1) is 29.5 Å². The van der Waals surface area contributed by atoms with Gasteiger partial charge in [-0.2, -0.15) is 0 Å². The van der Waals surface area contributed by atoms with Crippen LogP contribution in [0.3, 0.4) is 0 Å². The molecular weight excluding hydrogens is 392 g/mol. The highest BCUT2D eigenvalue weighted by Gasteiger charge is 2.37. The Bertz CT molecular complexity index is 872. The van der Waals surface area contributed by atoms with Gasteiger partial charge in [-0.1, -0.05) is 0 Å². The second kappa shape index (κ2) is 8.38. The first kappa shape index (κ1) is 22.0. The minimum absolute atomic E-state index is 0.114. The third kappa shape index (κ3) is 5.15. The third-order valence-corrected chi connectivity index (χ3v) is 5.37. The molecule has 1 heterocycles. The molecule has 2 rings (SSSR count). The van der Waals surface area contributed by atoms with Gasteiger partial charge in [0.1, 0.15) is 22.9 Å². The number of pyridine rings is 1. The van der Waals surface area contributed by atoms with Gasteiger partial charge in [0, 0.05) is 6.07 Å². The Hall–Kier alpha value is -2.30. The predicted molar refractivity (Wildman–Crippen MR) is 102 cm³/mol. The van der Waals surface area contributed by atoms with E-state index in [1.54, 1.807) is 27.7 Å². The maximum absolute atomic E-state index is 13.9. The number of methoxy groups -OCH3 is 1. The predicted octanol–water partition coefficient (Wildman–Crippen LogP) is 3.40. The molecule has 28 heavy (non-hydrogen) atoms. The van der Waals surface area contributed by atoms with E-state index in [1.165, 1.54) is 19.4 Å². The Morgan fingerprint density at radius 3 is 2.43 bits per heavy atom. The van der Waals surface area contributed by atoms with Gasteiger partial charge >= 0.3 is 0 Å². The Morgan fingerprint density at radius 1 is 1.18 bits per heavy atom. The van der Waals surface area contributed by atoms with Crippen molar-refractivity contribution in [2.75, 3.05) is 17.3 Å². The molecule has 1 aromatic carbocycles. The van der Waals surface area contributed by atoms with Crippen molar-refractivity contribution >= 4 is 22.4 Å². The highest BCUT2D eigenvalue weighted by Crippen LogP contribution is 2.29. The Morgan fingerprint density at radius 2 is 1.86 bits per heavy atom. The first-order valence-electron chi connectivity index (χ1n) is 8.28. The lowest BCUT2D eigenvalue weighted by molar-refractivity contribution is -0.130. The largest absolute Gasteiger partial charge is 0.479 e. The fourth-order valence-corrected chi connectivity index (χ4v) is 2.72. The van der Waals surface area contributed by atoms with Crippen LogP contribution in [0.15, 0.2) is 35.4 Å². The summed E-state index contributed by atoms with van der Waals surface area (Å²) in [4.78, 5) is 9.39. The van der Waals surface area contributed by atoms with E-state index in [9.17, 15) is 18.1 Å². The molecule has 2 aromatic rings. The molecule has 3 N–H and O–H groups in total. The van der Waals surface area contributed by atoms with E-state index in [0.29, 0.717) is 11.8 Å². The third-order valence-electron chi connectivity index (χ3n) is 4.24. The van der Waals surface area contributed by atoms with Crippen molar-refractivity contribution in [2.24, 2.45) is 0 Å². The molecule has 10 heteroatoms. The van der Waals surface area contributed by atoms with Crippen molar-refractivity contribution in [3.63, 3.8) is 0 Å². The topological polar surface area (TPSA) is 92.7 Å².